The zero-order valence-corrected chi connectivity index (χ0v) is 11.5. The first-order valence-corrected chi connectivity index (χ1v) is 7.02. The van der Waals surface area contributed by atoms with Crippen LogP contribution >= 0.6 is 11.3 Å². The molecule has 96 valence electrons. The second-order valence-electron chi connectivity index (χ2n) is 4.07. The van der Waals surface area contributed by atoms with E-state index in [2.05, 4.69) is 36.3 Å². The van der Waals surface area contributed by atoms with Gasteiger partial charge in [0.2, 0.25) is 0 Å². The lowest BCUT2D eigenvalue weighted by atomic mass is 10.1. The summed E-state index contributed by atoms with van der Waals surface area (Å²) in [7, 11) is 0. The molecule has 0 aliphatic carbocycles. The van der Waals surface area contributed by atoms with E-state index in [0.29, 0.717) is 12.6 Å². The quantitative estimate of drug-likeness (QED) is 0.866. The summed E-state index contributed by atoms with van der Waals surface area (Å²) in [5.74, 6) is 0.896. The van der Waals surface area contributed by atoms with Crippen molar-refractivity contribution in [1.82, 2.24) is 10.3 Å². The van der Waals surface area contributed by atoms with Gasteiger partial charge in [-0.1, -0.05) is 19.1 Å². The molecule has 4 heteroatoms. The van der Waals surface area contributed by atoms with Gasteiger partial charge in [0, 0.05) is 17.6 Å². The molecule has 0 spiro atoms. The lowest BCUT2D eigenvalue weighted by Crippen LogP contribution is -2.17. The molecule has 0 radical (unpaired) electrons. The first-order valence-electron chi connectivity index (χ1n) is 6.14. The summed E-state index contributed by atoms with van der Waals surface area (Å²) < 4.78 is 5.74. The van der Waals surface area contributed by atoms with E-state index in [1.54, 1.807) is 17.5 Å². The van der Waals surface area contributed by atoms with Gasteiger partial charge in [0.1, 0.15) is 17.4 Å². The Balaban J connectivity index is 1.98. The Morgan fingerprint density at radius 3 is 3.06 bits per heavy atom. The van der Waals surface area contributed by atoms with E-state index in [1.807, 2.05) is 17.5 Å². The Morgan fingerprint density at radius 2 is 2.33 bits per heavy atom. The van der Waals surface area contributed by atoms with E-state index in [1.165, 1.54) is 5.56 Å². The molecule has 1 heterocycles. The van der Waals surface area contributed by atoms with Gasteiger partial charge in [-0.15, -0.1) is 11.3 Å². The van der Waals surface area contributed by atoms with E-state index in [0.717, 1.165) is 17.3 Å². The average molecular weight is 262 g/mol. The van der Waals surface area contributed by atoms with Gasteiger partial charge in [-0.05, 0) is 31.2 Å². The van der Waals surface area contributed by atoms with E-state index in [9.17, 15) is 0 Å². The number of aromatic nitrogens is 1. The molecule has 1 N–H and O–H groups in total. The summed E-state index contributed by atoms with van der Waals surface area (Å²) in [5, 5.41) is 6.35. The van der Waals surface area contributed by atoms with E-state index in [4.69, 9.17) is 4.74 Å². The predicted molar refractivity (Wildman–Crippen MR) is 75.0 cm³/mol. The molecule has 18 heavy (non-hydrogen) atoms. The van der Waals surface area contributed by atoms with Crippen LogP contribution in [0.25, 0.3) is 0 Å². The number of ether oxygens (including phenoxy) is 1. The van der Waals surface area contributed by atoms with Crippen molar-refractivity contribution in [2.24, 2.45) is 0 Å². The molecule has 0 fully saturated rings. The lowest BCUT2D eigenvalue weighted by Gasteiger charge is -2.14. The Kier molecular flexibility index (Phi) is 4.73. The van der Waals surface area contributed by atoms with Crippen molar-refractivity contribution in [1.29, 1.82) is 0 Å². The Bertz CT molecular complexity index is 470. The maximum Gasteiger partial charge on any atom is 0.140 e. The van der Waals surface area contributed by atoms with Crippen LogP contribution in [0.4, 0.5) is 0 Å². The van der Waals surface area contributed by atoms with E-state index < -0.39 is 0 Å². The Labute approximate surface area is 112 Å². The molecule has 1 atom stereocenters. The van der Waals surface area contributed by atoms with E-state index in [-0.39, 0.29) is 0 Å². The number of hydrogen-bond donors (Lipinski definition) is 1. The van der Waals surface area contributed by atoms with Crippen LogP contribution < -0.4 is 10.1 Å². The Hall–Kier alpha value is -1.39. The van der Waals surface area contributed by atoms with Crippen molar-refractivity contribution in [3.63, 3.8) is 0 Å². The highest BCUT2D eigenvalue weighted by atomic mass is 32.1. The summed E-state index contributed by atoms with van der Waals surface area (Å²) in [6, 6.07) is 8.55. The summed E-state index contributed by atoms with van der Waals surface area (Å²) in [6.45, 7) is 5.77. The zero-order chi connectivity index (χ0) is 12.8. The van der Waals surface area contributed by atoms with Gasteiger partial charge >= 0.3 is 0 Å². The maximum atomic E-state index is 5.74. The van der Waals surface area contributed by atoms with Gasteiger partial charge in [-0.25, -0.2) is 4.98 Å². The molecule has 1 aromatic heterocycles. The van der Waals surface area contributed by atoms with Crippen LogP contribution in [0.15, 0.2) is 35.8 Å². The number of benzene rings is 1. The largest absolute Gasteiger partial charge is 0.486 e. The van der Waals surface area contributed by atoms with Gasteiger partial charge < -0.3 is 10.1 Å². The van der Waals surface area contributed by atoms with Crippen LogP contribution in [0.1, 0.15) is 30.5 Å². The SMILES string of the molecule is CCNC(C)c1cccc(OCc2nccs2)c1. The fraction of sp³-hybridized carbons (Fsp3) is 0.357. The van der Waals surface area contributed by atoms with Crippen molar-refractivity contribution < 1.29 is 4.74 Å². The smallest absolute Gasteiger partial charge is 0.140 e. The fourth-order valence-corrected chi connectivity index (χ4v) is 2.29. The first-order chi connectivity index (χ1) is 8.79. The van der Waals surface area contributed by atoms with Crippen LogP contribution in [0, 0.1) is 0 Å². The number of rotatable bonds is 6. The highest BCUT2D eigenvalue weighted by Crippen LogP contribution is 2.20. The van der Waals surface area contributed by atoms with Crippen LogP contribution in [0.2, 0.25) is 0 Å². The number of thiazole rings is 1. The molecule has 0 amide bonds. The lowest BCUT2D eigenvalue weighted by molar-refractivity contribution is 0.305. The van der Waals surface area contributed by atoms with Crippen LogP contribution in [0.5, 0.6) is 5.75 Å². The van der Waals surface area contributed by atoms with Crippen molar-refractivity contribution in [3.05, 3.63) is 46.4 Å². The molecule has 2 aromatic rings. The van der Waals surface area contributed by atoms with Gasteiger partial charge in [-0.2, -0.15) is 0 Å². The minimum absolute atomic E-state index is 0.346. The second kappa shape index (κ2) is 6.52. The third-order valence-electron chi connectivity index (χ3n) is 2.71. The van der Waals surface area contributed by atoms with Crippen molar-refractivity contribution >= 4 is 11.3 Å². The van der Waals surface area contributed by atoms with Gasteiger partial charge in [0.25, 0.3) is 0 Å². The highest BCUT2D eigenvalue weighted by molar-refractivity contribution is 7.09. The van der Waals surface area contributed by atoms with Gasteiger partial charge in [0.15, 0.2) is 0 Å². The molecule has 0 aliphatic rings. The molecule has 0 saturated carbocycles. The number of nitrogens with one attached hydrogen (secondary N) is 1. The maximum absolute atomic E-state index is 5.74. The topological polar surface area (TPSA) is 34.1 Å². The van der Waals surface area contributed by atoms with Crippen molar-refractivity contribution in [2.75, 3.05) is 6.54 Å². The molecule has 0 saturated heterocycles. The minimum Gasteiger partial charge on any atom is -0.486 e. The van der Waals surface area contributed by atoms with Gasteiger partial charge in [-0.3, -0.25) is 0 Å². The summed E-state index contributed by atoms with van der Waals surface area (Å²) in [5.41, 5.74) is 1.24. The molecule has 1 aromatic carbocycles. The third kappa shape index (κ3) is 3.55. The van der Waals surface area contributed by atoms with Crippen LogP contribution in [-0.2, 0) is 6.61 Å². The number of nitrogens with zero attached hydrogens (tertiary/aromatic N) is 1. The molecule has 1 unspecified atom stereocenters. The van der Waals surface area contributed by atoms with Crippen LogP contribution in [-0.4, -0.2) is 11.5 Å². The number of hydrogen-bond acceptors (Lipinski definition) is 4. The molecule has 3 nitrogen and oxygen atoms in total. The molecule has 0 aliphatic heterocycles. The minimum atomic E-state index is 0.346. The van der Waals surface area contributed by atoms with Crippen molar-refractivity contribution in [2.45, 2.75) is 26.5 Å². The van der Waals surface area contributed by atoms with E-state index >= 15 is 0 Å². The Morgan fingerprint density at radius 1 is 1.44 bits per heavy atom. The predicted octanol–water partition coefficient (Wildman–Crippen LogP) is 3.39. The summed E-state index contributed by atoms with van der Waals surface area (Å²) >= 11 is 1.61. The summed E-state index contributed by atoms with van der Waals surface area (Å²) in [6.07, 6.45) is 1.80. The highest BCUT2D eigenvalue weighted by Gasteiger charge is 2.05. The molecule has 2 rings (SSSR count). The third-order valence-corrected chi connectivity index (χ3v) is 3.47. The molecular formula is C14H18N2OS. The standard InChI is InChI=1S/C14H18N2OS/c1-3-15-11(2)12-5-4-6-13(9-12)17-10-14-16-7-8-18-14/h4-9,11,15H,3,10H2,1-2H3. The normalized spacial score (nSPS) is 12.3. The van der Waals surface area contributed by atoms with Crippen LogP contribution in [0.3, 0.4) is 0 Å². The zero-order valence-electron chi connectivity index (χ0n) is 10.7. The first kappa shape index (κ1) is 13.1. The summed E-state index contributed by atoms with van der Waals surface area (Å²) in [4.78, 5) is 4.20. The monoisotopic (exact) mass is 262 g/mol. The molecular weight excluding hydrogens is 244 g/mol. The second-order valence-corrected chi connectivity index (χ2v) is 5.05. The van der Waals surface area contributed by atoms with Crippen molar-refractivity contribution in [3.8, 4) is 5.75 Å². The fourth-order valence-electron chi connectivity index (χ4n) is 1.77. The average Bonchev–Trinajstić information content (AvgIpc) is 2.90. The molecule has 0 bridgehead atoms. The van der Waals surface area contributed by atoms with Gasteiger partial charge in [0.05, 0.1) is 0 Å².